The first-order chi connectivity index (χ1) is 8.58. The SMILES string of the molecule is C#CCO[C@H]1C[C@@H](N=[N+]=[N-])[C@@H](OC(C)=O)[C@H](C)O1. The van der Waals surface area contributed by atoms with E-state index in [0.717, 1.165) is 0 Å². The molecule has 0 aromatic rings. The number of nitrogens with zero attached hydrogens (tertiary/aromatic N) is 3. The molecular formula is C11H15N3O4. The molecule has 18 heavy (non-hydrogen) atoms. The lowest BCUT2D eigenvalue weighted by Crippen LogP contribution is -2.48. The van der Waals surface area contributed by atoms with E-state index in [1.807, 2.05) is 0 Å². The van der Waals surface area contributed by atoms with E-state index in [4.69, 9.17) is 26.2 Å². The van der Waals surface area contributed by atoms with Crippen molar-refractivity contribution in [3.8, 4) is 12.3 Å². The van der Waals surface area contributed by atoms with Gasteiger partial charge >= 0.3 is 5.97 Å². The van der Waals surface area contributed by atoms with Gasteiger partial charge in [-0.05, 0) is 12.5 Å². The Balaban J connectivity index is 2.73. The number of carbonyl (C=O) groups is 1. The second kappa shape index (κ2) is 6.87. The van der Waals surface area contributed by atoms with Gasteiger partial charge in [-0.2, -0.15) is 0 Å². The average Bonchev–Trinajstić information content (AvgIpc) is 2.31. The van der Waals surface area contributed by atoms with Crippen LogP contribution in [0.15, 0.2) is 5.11 Å². The Morgan fingerprint density at radius 2 is 2.44 bits per heavy atom. The number of hydrogen-bond acceptors (Lipinski definition) is 5. The fourth-order valence-electron chi connectivity index (χ4n) is 1.81. The summed E-state index contributed by atoms with van der Waals surface area (Å²) in [4.78, 5) is 13.7. The fourth-order valence-corrected chi connectivity index (χ4v) is 1.81. The molecule has 1 saturated heterocycles. The summed E-state index contributed by atoms with van der Waals surface area (Å²) < 4.78 is 15.8. The molecule has 1 heterocycles. The summed E-state index contributed by atoms with van der Waals surface area (Å²) in [6, 6.07) is -0.523. The highest BCUT2D eigenvalue weighted by molar-refractivity contribution is 5.66. The van der Waals surface area contributed by atoms with Gasteiger partial charge in [0, 0.05) is 18.3 Å². The van der Waals surface area contributed by atoms with E-state index in [9.17, 15) is 4.79 Å². The Kier molecular flexibility index (Phi) is 5.46. The quantitative estimate of drug-likeness (QED) is 0.249. The molecule has 0 aromatic heterocycles. The van der Waals surface area contributed by atoms with Crippen molar-refractivity contribution in [1.29, 1.82) is 0 Å². The third-order valence-electron chi connectivity index (χ3n) is 2.50. The van der Waals surface area contributed by atoms with E-state index >= 15 is 0 Å². The molecule has 0 spiro atoms. The molecule has 0 aromatic carbocycles. The monoisotopic (exact) mass is 253 g/mol. The van der Waals surface area contributed by atoms with Gasteiger partial charge in [-0.15, -0.1) is 6.42 Å². The van der Waals surface area contributed by atoms with Crippen molar-refractivity contribution in [2.45, 2.75) is 44.8 Å². The fraction of sp³-hybridized carbons (Fsp3) is 0.727. The summed E-state index contributed by atoms with van der Waals surface area (Å²) in [7, 11) is 0. The molecule has 4 atom stereocenters. The summed E-state index contributed by atoms with van der Waals surface area (Å²) in [5.41, 5.74) is 8.52. The summed E-state index contributed by atoms with van der Waals surface area (Å²) in [5, 5.41) is 3.62. The van der Waals surface area contributed by atoms with E-state index in [0.29, 0.717) is 6.42 Å². The van der Waals surface area contributed by atoms with Crippen LogP contribution in [0, 0.1) is 12.3 Å². The summed E-state index contributed by atoms with van der Waals surface area (Å²) >= 11 is 0. The first kappa shape index (κ1) is 14.3. The molecule has 7 nitrogen and oxygen atoms in total. The largest absolute Gasteiger partial charge is 0.459 e. The van der Waals surface area contributed by atoms with Crippen LogP contribution in [0.25, 0.3) is 10.4 Å². The number of terminal acetylenes is 1. The van der Waals surface area contributed by atoms with Crippen molar-refractivity contribution < 1.29 is 19.0 Å². The van der Waals surface area contributed by atoms with Gasteiger partial charge in [0.2, 0.25) is 0 Å². The predicted molar refractivity (Wildman–Crippen MR) is 62.2 cm³/mol. The molecule has 0 N–H and O–H groups in total. The van der Waals surface area contributed by atoms with Crippen molar-refractivity contribution in [3.63, 3.8) is 0 Å². The van der Waals surface area contributed by atoms with Crippen LogP contribution >= 0.6 is 0 Å². The van der Waals surface area contributed by atoms with Crippen molar-refractivity contribution in [3.05, 3.63) is 10.4 Å². The minimum atomic E-state index is -0.607. The number of ether oxygens (including phenoxy) is 3. The second-order valence-electron chi connectivity index (χ2n) is 3.87. The van der Waals surface area contributed by atoms with Crippen molar-refractivity contribution in [1.82, 2.24) is 0 Å². The lowest BCUT2D eigenvalue weighted by Gasteiger charge is -2.37. The van der Waals surface area contributed by atoms with E-state index in [2.05, 4.69) is 15.9 Å². The second-order valence-corrected chi connectivity index (χ2v) is 3.87. The molecule has 0 aliphatic carbocycles. The summed E-state index contributed by atoms with van der Waals surface area (Å²) in [5.74, 6) is 1.88. The van der Waals surface area contributed by atoms with Gasteiger partial charge in [0.15, 0.2) is 6.29 Å². The molecule has 98 valence electrons. The number of rotatable bonds is 4. The Morgan fingerprint density at radius 1 is 1.72 bits per heavy atom. The molecule has 1 aliphatic rings. The Labute approximate surface area is 105 Å². The van der Waals surface area contributed by atoms with Crippen LogP contribution in [-0.2, 0) is 19.0 Å². The Hall–Kier alpha value is -1.74. The molecule has 7 heteroatoms. The van der Waals surface area contributed by atoms with Gasteiger partial charge in [-0.3, -0.25) is 4.79 Å². The average molecular weight is 253 g/mol. The highest BCUT2D eigenvalue weighted by Crippen LogP contribution is 2.26. The number of azide groups is 1. The van der Waals surface area contributed by atoms with E-state index in [1.54, 1.807) is 6.92 Å². The van der Waals surface area contributed by atoms with E-state index < -0.39 is 30.5 Å². The van der Waals surface area contributed by atoms with Gasteiger partial charge in [0.1, 0.15) is 12.7 Å². The lowest BCUT2D eigenvalue weighted by atomic mass is 10.0. The molecular weight excluding hydrogens is 238 g/mol. The zero-order chi connectivity index (χ0) is 13.5. The van der Waals surface area contributed by atoms with Crippen LogP contribution in [0.1, 0.15) is 20.3 Å². The van der Waals surface area contributed by atoms with Crippen LogP contribution in [0.5, 0.6) is 0 Å². The van der Waals surface area contributed by atoms with Crippen LogP contribution in [-0.4, -0.2) is 37.1 Å². The lowest BCUT2D eigenvalue weighted by molar-refractivity contribution is -0.225. The van der Waals surface area contributed by atoms with Gasteiger partial charge < -0.3 is 14.2 Å². The molecule has 1 fully saturated rings. The predicted octanol–water partition coefficient (Wildman–Crippen LogP) is 1.38. The zero-order valence-electron chi connectivity index (χ0n) is 10.3. The highest BCUT2D eigenvalue weighted by Gasteiger charge is 2.38. The standard InChI is InChI=1S/C11H15N3O4/c1-4-5-16-10-6-9(13-14-12)11(7(2)17-10)18-8(3)15/h1,7,9-11H,5-6H2,2-3H3/t7-,9+,10+,11-/m0/s1. The van der Waals surface area contributed by atoms with E-state index in [-0.39, 0.29) is 6.61 Å². The number of hydrogen-bond donors (Lipinski definition) is 0. The molecule has 0 radical (unpaired) electrons. The highest BCUT2D eigenvalue weighted by atomic mass is 16.7. The molecule has 0 saturated carbocycles. The first-order valence-electron chi connectivity index (χ1n) is 5.50. The van der Waals surface area contributed by atoms with Gasteiger partial charge in [-0.1, -0.05) is 11.0 Å². The van der Waals surface area contributed by atoms with Crippen molar-refractivity contribution in [2.75, 3.05) is 6.61 Å². The van der Waals surface area contributed by atoms with E-state index in [1.165, 1.54) is 6.92 Å². The van der Waals surface area contributed by atoms with Gasteiger partial charge in [0.25, 0.3) is 0 Å². The normalized spacial score (nSPS) is 30.9. The third kappa shape index (κ3) is 3.93. The molecule has 0 amide bonds. The van der Waals surface area contributed by atoms with Gasteiger partial charge in [-0.25, -0.2) is 0 Å². The third-order valence-corrected chi connectivity index (χ3v) is 2.50. The maximum Gasteiger partial charge on any atom is 0.303 e. The van der Waals surface area contributed by atoms with Crippen LogP contribution in [0.4, 0.5) is 0 Å². The first-order valence-corrected chi connectivity index (χ1v) is 5.50. The molecule has 0 unspecified atom stereocenters. The smallest absolute Gasteiger partial charge is 0.303 e. The zero-order valence-corrected chi connectivity index (χ0v) is 10.3. The maximum atomic E-state index is 11.0. The number of esters is 1. The van der Waals surface area contributed by atoms with Crippen molar-refractivity contribution >= 4 is 5.97 Å². The molecule has 1 aliphatic heterocycles. The molecule has 1 rings (SSSR count). The summed E-state index contributed by atoms with van der Waals surface area (Å²) in [6.07, 6.45) is 3.79. The van der Waals surface area contributed by atoms with Crippen molar-refractivity contribution in [2.24, 2.45) is 5.11 Å². The maximum absolute atomic E-state index is 11.0. The van der Waals surface area contributed by atoms with Crippen LogP contribution in [0.3, 0.4) is 0 Å². The summed E-state index contributed by atoms with van der Waals surface area (Å²) in [6.45, 7) is 3.12. The van der Waals surface area contributed by atoms with Crippen LogP contribution in [0.2, 0.25) is 0 Å². The Morgan fingerprint density at radius 3 is 3.00 bits per heavy atom. The Bertz CT molecular complexity index is 386. The minimum absolute atomic E-state index is 0.110. The molecule has 0 bridgehead atoms. The number of carbonyl (C=O) groups excluding carboxylic acids is 1. The topological polar surface area (TPSA) is 93.5 Å². The van der Waals surface area contributed by atoms with Crippen LogP contribution < -0.4 is 0 Å². The van der Waals surface area contributed by atoms with Gasteiger partial charge in [0.05, 0.1) is 12.1 Å². The minimum Gasteiger partial charge on any atom is -0.459 e.